The zero-order valence-electron chi connectivity index (χ0n) is 14.4. The molecule has 4 rings (SSSR count). The molecule has 0 saturated heterocycles. The van der Waals surface area contributed by atoms with Crippen molar-refractivity contribution in [1.29, 1.82) is 0 Å². The van der Waals surface area contributed by atoms with Crippen LogP contribution < -0.4 is 4.57 Å². The first-order valence-corrected chi connectivity index (χ1v) is 8.34. The Morgan fingerprint density at radius 1 is 1.08 bits per heavy atom. The highest BCUT2D eigenvalue weighted by Gasteiger charge is 2.05. The Bertz CT molecular complexity index is 928. The molecule has 0 aliphatic carbocycles. The molecule has 124 valence electrons. The smallest absolute Gasteiger partial charge is 0.243 e. The van der Waals surface area contributed by atoms with E-state index in [1.165, 1.54) is 11.1 Å². The quantitative estimate of drug-likeness (QED) is 0.452. The van der Waals surface area contributed by atoms with Gasteiger partial charge in [0.05, 0.1) is 18.4 Å². The highest BCUT2D eigenvalue weighted by Crippen LogP contribution is 2.21. The van der Waals surface area contributed by atoms with Gasteiger partial charge >= 0.3 is 0 Å². The van der Waals surface area contributed by atoms with Crippen LogP contribution in [-0.4, -0.2) is 14.8 Å². The van der Waals surface area contributed by atoms with E-state index in [1.54, 1.807) is 0 Å². The summed E-state index contributed by atoms with van der Waals surface area (Å²) in [6.07, 6.45) is 8.13. The number of benzene rings is 2. The number of hydrogen-bond acceptors (Lipinski definition) is 1. The first kappa shape index (κ1) is 15.4. The van der Waals surface area contributed by atoms with Crippen LogP contribution in [0.1, 0.15) is 16.8 Å². The molecule has 0 radical (unpaired) electrons. The van der Waals surface area contributed by atoms with Crippen LogP contribution in [0, 0.1) is 13.3 Å². The summed E-state index contributed by atoms with van der Waals surface area (Å²) in [4.78, 5) is 0. The van der Waals surface area contributed by atoms with Crippen molar-refractivity contribution in [3.63, 3.8) is 0 Å². The van der Waals surface area contributed by atoms with Gasteiger partial charge in [-0.25, -0.2) is 0 Å². The minimum Gasteiger partial charge on any atom is -0.326 e. The van der Waals surface area contributed by atoms with E-state index in [9.17, 15) is 0 Å². The number of rotatable bonds is 4. The number of hydrogen-bond donors (Lipinski definition) is 1. The monoisotopic (exact) mass is 328 g/mol. The van der Waals surface area contributed by atoms with E-state index in [-0.39, 0.29) is 0 Å². The largest absolute Gasteiger partial charge is 0.326 e. The molecule has 2 heterocycles. The Morgan fingerprint density at radius 3 is 2.60 bits per heavy atom. The van der Waals surface area contributed by atoms with Crippen molar-refractivity contribution < 1.29 is 4.57 Å². The van der Waals surface area contributed by atoms with Crippen LogP contribution in [0.3, 0.4) is 0 Å². The molecule has 0 aliphatic rings. The molecule has 4 heteroatoms. The highest BCUT2D eigenvalue weighted by atomic mass is 15.1. The number of nitrogens with one attached hydrogen (secondary N) is 1. The standard InChI is InChI=1S/C21H20N4/c1-16-11-21(23-22-16)19-7-3-5-17(13-19)12-18-6-4-8-20(14-18)25-10-9-24(2)15-25/h3-11,13-14H,12H2,1-2H3,(H,22,23). The molecule has 0 saturated carbocycles. The van der Waals surface area contributed by atoms with E-state index in [4.69, 9.17) is 0 Å². The Balaban J connectivity index is 1.60. The summed E-state index contributed by atoms with van der Waals surface area (Å²) in [5.41, 5.74) is 6.88. The molecule has 0 aliphatic heterocycles. The minimum atomic E-state index is 0.887. The molecule has 1 N–H and O–H groups in total. The third kappa shape index (κ3) is 3.38. The summed E-state index contributed by atoms with van der Waals surface area (Å²) in [6.45, 7) is 2.02. The number of aryl methyl sites for hydroxylation is 2. The van der Waals surface area contributed by atoms with E-state index in [2.05, 4.69) is 71.1 Å². The fourth-order valence-electron chi connectivity index (χ4n) is 3.01. The molecule has 25 heavy (non-hydrogen) atoms. The van der Waals surface area contributed by atoms with Gasteiger partial charge in [0.25, 0.3) is 0 Å². The number of imidazole rings is 1. The summed E-state index contributed by atoms with van der Waals surface area (Å²) < 4.78 is 3.93. The number of aromatic nitrogens is 4. The van der Waals surface area contributed by atoms with Crippen LogP contribution in [0.5, 0.6) is 0 Å². The third-order valence-electron chi connectivity index (χ3n) is 4.23. The molecular formula is C21H20N4. The van der Waals surface area contributed by atoms with Gasteiger partial charge in [0.1, 0.15) is 0 Å². The molecule has 0 spiro atoms. The van der Waals surface area contributed by atoms with Crippen LogP contribution in [-0.2, 0) is 13.5 Å². The predicted octanol–water partition coefficient (Wildman–Crippen LogP) is 3.39. The summed E-state index contributed by atoms with van der Waals surface area (Å²) in [7, 11) is 1.97. The van der Waals surface area contributed by atoms with Crippen molar-refractivity contribution in [2.24, 2.45) is 7.05 Å². The van der Waals surface area contributed by atoms with E-state index in [0.29, 0.717) is 0 Å². The summed E-state index contributed by atoms with van der Waals surface area (Å²) in [5, 5.41) is 7.36. The number of H-pyrrole nitrogens is 1. The fraction of sp³-hybridized carbons (Fsp3) is 0.143. The van der Waals surface area contributed by atoms with Crippen molar-refractivity contribution in [3.8, 4) is 16.9 Å². The molecule has 0 amide bonds. The van der Waals surface area contributed by atoms with Gasteiger partial charge in [-0.1, -0.05) is 42.5 Å². The van der Waals surface area contributed by atoms with E-state index in [0.717, 1.165) is 29.1 Å². The maximum atomic E-state index is 4.36. The van der Waals surface area contributed by atoms with Crippen molar-refractivity contribution >= 4 is 0 Å². The zero-order chi connectivity index (χ0) is 17.2. The molecule has 4 aromatic rings. The summed E-state index contributed by atoms with van der Waals surface area (Å²) in [5.74, 6) is 0. The van der Waals surface area contributed by atoms with Crippen molar-refractivity contribution in [2.45, 2.75) is 13.3 Å². The molecule has 4 nitrogen and oxygen atoms in total. The lowest BCUT2D eigenvalue weighted by Crippen LogP contribution is -2.24. The lowest BCUT2D eigenvalue weighted by atomic mass is 10.0. The van der Waals surface area contributed by atoms with Gasteiger partial charge < -0.3 is 9.13 Å². The highest BCUT2D eigenvalue weighted by molar-refractivity contribution is 5.60. The number of nitrogens with zero attached hydrogens (tertiary/aromatic N) is 3. The van der Waals surface area contributed by atoms with Gasteiger partial charge in [0, 0.05) is 23.7 Å². The Morgan fingerprint density at radius 2 is 1.88 bits per heavy atom. The van der Waals surface area contributed by atoms with E-state index >= 15 is 0 Å². The second-order valence-corrected chi connectivity index (χ2v) is 6.36. The maximum absolute atomic E-state index is 4.36. The van der Waals surface area contributed by atoms with Gasteiger partial charge in [0.15, 0.2) is 0 Å². The summed E-state index contributed by atoms with van der Waals surface area (Å²) >= 11 is 0. The first-order valence-electron chi connectivity index (χ1n) is 8.34. The minimum absolute atomic E-state index is 0.887. The summed E-state index contributed by atoms with van der Waals surface area (Å²) in [6, 6.07) is 19.2. The zero-order valence-corrected chi connectivity index (χ0v) is 14.4. The van der Waals surface area contributed by atoms with Crippen LogP contribution in [0.15, 0.2) is 67.0 Å². The van der Waals surface area contributed by atoms with Gasteiger partial charge in [-0.05, 0) is 36.6 Å². The second kappa shape index (κ2) is 6.40. The topological polar surface area (TPSA) is 37.5 Å². The molecule has 2 aromatic carbocycles. The predicted molar refractivity (Wildman–Crippen MR) is 97.3 cm³/mol. The van der Waals surface area contributed by atoms with Crippen molar-refractivity contribution in [3.05, 3.63) is 90.1 Å². The van der Waals surface area contributed by atoms with Gasteiger partial charge in [-0.15, -0.1) is 0 Å². The van der Waals surface area contributed by atoms with E-state index in [1.807, 2.05) is 35.5 Å². The van der Waals surface area contributed by atoms with Gasteiger partial charge in [0.2, 0.25) is 6.33 Å². The lowest BCUT2D eigenvalue weighted by molar-refractivity contribution is -0.674. The number of aromatic amines is 1. The van der Waals surface area contributed by atoms with Crippen LogP contribution in [0.25, 0.3) is 16.9 Å². The molecule has 2 aromatic heterocycles. The Hall–Kier alpha value is -3.14. The maximum Gasteiger partial charge on any atom is 0.243 e. The van der Waals surface area contributed by atoms with Gasteiger partial charge in [-0.2, -0.15) is 5.10 Å². The SMILES string of the molecule is Cc1cc(-c2cccc(Cc3cccc(-n4[c-][n+](C)cc4)c3)c2)n[nH]1. The molecular weight excluding hydrogens is 308 g/mol. The molecule has 0 unspecified atom stereocenters. The van der Waals surface area contributed by atoms with E-state index < -0.39 is 0 Å². The third-order valence-corrected chi connectivity index (χ3v) is 4.23. The van der Waals surface area contributed by atoms with Crippen molar-refractivity contribution in [2.75, 3.05) is 0 Å². The van der Waals surface area contributed by atoms with Gasteiger partial charge in [-0.3, -0.25) is 5.10 Å². The molecule has 0 bridgehead atoms. The second-order valence-electron chi connectivity index (χ2n) is 6.36. The average molecular weight is 328 g/mol. The fourth-order valence-corrected chi connectivity index (χ4v) is 3.01. The van der Waals surface area contributed by atoms with Crippen LogP contribution in [0.2, 0.25) is 0 Å². The molecule has 0 fully saturated rings. The van der Waals surface area contributed by atoms with Crippen LogP contribution in [0.4, 0.5) is 0 Å². The van der Waals surface area contributed by atoms with Crippen molar-refractivity contribution in [1.82, 2.24) is 14.8 Å². The average Bonchev–Trinajstić information content (AvgIpc) is 3.24. The Kier molecular flexibility index (Phi) is 3.94. The van der Waals surface area contributed by atoms with Crippen LogP contribution >= 0.6 is 0 Å². The Labute approximate surface area is 147 Å². The molecule has 0 atom stereocenters. The normalized spacial score (nSPS) is 11.0. The first-order chi connectivity index (χ1) is 12.2. The lowest BCUT2D eigenvalue weighted by Gasteiger charge is -2.08.